The molecule has 3 nitrogen and oxygen atoms in total. The Morgan fingerprint density at radius 1 is 1.13 bits per heavy atom. The van der Waals surface area contributed by atoms with Crippen LogP contribution in [-0.2, 0) is 0 Å². The van der Waals surface area contributed by atoms with Crippen LogP contribution in [0.3, 0.4) is 0 Å². The van der Waals surface area contributed by atoms with Crippen LogP contribution >= 0.6 is 46.1 Å². The molecule has 1 amide bonds. The minimum atomic E-state index is -0.363. The van der Waals surface area contributed by atoms with Crippen molar-refractivity contribution in [2.45, 2.75) is 0 Å². The van der Waals surface area contributed by atoms with Gasteiger partial charge in [-0.1, -0.05) is 59.1 Å². The van der Waals surface area contributed by atoms with Gasteiger partial charge in [-0.05, 0) is 18.2 Å². The van der Waals surface area contributed by atoms with Gasteiger partial charge in [-0.25, -0.2) is 5.43 Å². The van der Waals surface area contributed by atoms with Crippen LogP contribution in [0.2, 0.25) is 15.1 Å². The van der Waals surface area contributed by atoms with Crippen LogP contribution in [0.4, 0.5) is 0 Å². The first-order valence-corrected chi connectivity index (χ1v) is 8.47. The molecule has 0 fully saturated rings. The van der Waals surface area contributed by atoms with Gasteiger partial charge in [0.05, 0.1) is 16.3 Å². The average molecular weight is 384 g/mol. The van der Waals surface area contributed by atoms with E-state index in [1.807, 2.05) is 24.3 Å². The summed E-state index contributed by atoms with van der Waals surface area (Å²) in [6, 6.07) is 12.6. The summed E-state index contributed by atoms with van der Waals surface area (Å²) in [6.07, 6.45) is 1.46. The van der Waals surface area contributed by atoms with Crippen molar-refractivity contribution in [3.63, 3.8) is 0 Å². The third-order valence-electron chi connectivity index (χ3n) is 3.07. The van der Waals surface area contributed by atoms with Crippen molar-refractivity contribution in [3.05, 3.63) is 68.0 Å². The molecule has 0 radical (unpaired) electrons. The number of benzene rings is 2. The van der Waals surface area contributed by atoms with Crippen molar-refractivity contribution < 1.29 is 4.79 Å². The predicted octanol–water partition coefficient (Wildman–Crippen LogP) is 5.63. The van der Waals surface area contributed by atoms with Gasteiger partial charge in [0.25, 0.3) is 5.91 Å². The number of hydrogen-bond donors (Lipinski definition) is 1. The monoisotopic (exact) mass is 382 g/mol. The van der Waals surface area contributed by atoms with E-state index in [0.29, 0.717) is 25.5 Å². The van der Waals surface area contributed by atoms with E-state index in [1.54, 1.807) is 18.2 Å². The van der Waals surface area contributed by atoms with Crippen LogP contribution in [-0.4, -0.2) is 12.1 Å². The number of hydrogen-bond acceptors (Lipinski definition) is 3. The Balaban J connectivity index is 1.78. The maximum Gasteiger partial charge on any atom is 0.283 e. The lowest BCUT2D eigenvalue weighted by atomic mass is 10.2. The van der Waals surface area contributed by atoms with Gasteiger partial charge < -0.3 is 0 Å². The molecule has 0 aliphatic rings. The lowest BCUT2D eigenvalue weighted by Gasteiger charge is -1.99. The van der Waals surface area contributed by atoms with Crippen molar-refractivity contribution in [1.82, 2.24) is 5.43 Å². The first kappa shape index (κ1) is 16.3. The van der Waals surface area contributed by atoms with E-state index in [9.17, 15) is 4.79 Å². The number of rotatable bonds is 3. The minimum absolute atomic E-state index is 0.363. The van der Waals surface area contributed by atoms with Crippen molar-refractivity contribution in [2.75, 3.05) is 0 Å². The topological polar surface area (TPSA) is 41.5 Å². The average Bonchev–Trinajstić information content (AvgIpc) is 2.87. The molecule has 0 spiro atoms. The molecule has 0 aliphatic carbocycles. The van der Waals surface area contributed by atoms with E-state index in [2.05, 4.69) is 10.5 Å². The molecule has 7 heteroatoms. The fourth-order valence-electron chi connectivity index (χ4n) is 1.98. The standard InChI is InChI=1S/C16H9Cl3N2OS/c17-10-6-5-9(12(18)7-10)8-20-21-16(22)15-14(19)11-3-1-2-4-13(11)23-15/h1-8H,(H,21,22)/b20-8-. The van der Waals surface area contributed by atoms with Gasteiger partial charge in [0.2, 0.25) is 0 Å². The van der Waals surface area contributed by atoms with E-state index < -0.39 is 0 Å². The molecule has 1 aromatic heterocycles. The first-order chi connectivity index (χ1) is 11.1. The molecule has 0 saturated heterocycles. The number of thiophene rings is 1. The van der Waals surface area contributed by atoms with Gasteiger partial charge >= 0.3 is 0 Å². The zero-order chi connectivity index (χ0) is 16.4. The summed E-state index contributed by atoms with van der Waals surface area (Å²) in [7, 11) is 0. The Kier molecular flexibility index (Phi) is 4.87. The number of nitrogens with one attached hydrogen (secondary N) is 1. The Bertz CT molecular complexity index is 921. The zero-order valence-electron chi connectivity index (χ0n) is 11.5. The van der Waals surface area contributed by atoms with Crippen LogP contribution in [0, 0.1) is 0 Å². The van der Waals surface area contributed by atoms with Crippen LogP contribution in [0.25, 0.3) is 10.1 Å². The molecule has 1 heterocycles. The lowest BCUT2D eigenvalue weighted by molar-refractivity contribution is 0.0959. The molecule has 0 saturated carbocycles. The number of carbonyl (C=O) groups excluding carboxylic acids is 1. The normalized spacial score (nSPS) is 11.3. The van der Waals surface area contributed by atoms with Crippen molar-refractivity contribution >= 4 is 68.3 Å². The molecule has 2 aromatic carbocycles. The highest BCUT2D eigenvalue weighted by atomic mass is 35.5. The fraction of sp³-hybridized carbons (Fsp3) is 0. The second-order valence-corrected chi connectivity index (χ2v) is 6.88. The lowest BCUT2D eigenvalue weighted by Crippen LogP contribution is -2.16. The van der Waals surface area contributed by atoms with Crippen LogP contribution in [0.1, 0.15) is 15.2 Å². The van der Waals surface area contributed by atoms with Gasteiger partial charge in [0.15, 0.2) is 0 Å². The highest BCUT2D eigenvalue weighted by molar-refractivity contribution is 7.21. The number of carbonyl (C=O) groups is 1. The maximum atomic E-state index is 12.2. The molecular formula is C16H9Cl3N2OS. The van der Waals surface area contributed by atoms with E-state index >= 15 is 0 Å². The summed E-state index contributed by atoms with van der Waals surface area (Å²) in [4.78, 5) is 12.6. The summed E-state index contributed by atoms with van der Waals surface area (Å²) in [5.74, 6) is -0.363. The summed E-state index contributed by atoms with van der Waals surface area (Å²) in [6.45, 7) is 0. The molecule has 0 bridgehead atoms. The Labute approximate surface area is 151 Å². The van der Waals surface area contributed by atoms with Gasteiger partial charge in [0.1, 0.15) is 4.88 Å². The molecule has 3 rings (SSSR count). The smallest absolute Gasteiger partial charge is 0.266 e. The van der Waals surface area contributed by atoms with E-state index in [4.69, 9.17) is 34.8 Å². The van der Waals surface area contributed by atoms with E-state index in [0.717, 1.165) is 10.1 Å². The van der Waals surface area contributed by atoms with Gasteiger partial charge in [-0.2, -0.15) is 5.10 Å². The summed E-state index contributed by atoms with van der Waals surface area (Å²) >= 11 is 19.4. The molecule has 0 unspecified atom stereocenters. The van der Waals surface area contributed by atoms with Crippen LogP contribution in [0.15, 0.2) is 47.6 Å². The highest BCUT2D eigenvalue weighted by Crippen LogP contribution is 2.34. The summed E-state index contributed by atoms with van der Waals surface area (Å²) in [5, 5.41) is 6.19. The minimum Gasteiger partial charge on any atom is -0.266 e. The second kappa shape index (κ2) is 6.89. The number of fused-ring (bicyclic) bond motifs is 1. The fourth-order valence-corrected chi connectivity index (χ4v) is 3.84. The molecule has 0 aliphatic heterocycles. The highest BCUT2D eigenvalue weighted by Gasteiger charge is 2.16. The van der Waals surface area contributed by atoms with Gasteiger partial charge in [-0.3, -0.25) is 4.79 Å². The Hall–Kier alpha value is -1.59. The third kappa shape index (κ3) is 3.51. The SMILES string of the molecule is O=C(N/N=C\c1ccc(Cl)cc1Cl)c1sc2ccccc2c1Cl. The molecule has 116 valence electrons. The predicted molar refractivity (Wildman–Crippen MR) is 98.4 cm³/mol. The van der Waals surface area contributed by atoms with E-state index in [-0.39, 0.29) is 5.91 Å². The van der Waals surface area contributed by atoms with Crippen molar-refractivity contribution in [2.24, 2.45) is 5.10 Å². The second-order valence-electron chi connectivity index (χ2n) is 4.61. The van der Waals surface area contributed by atoms with E-state index in [1.165, 1.54) is 17.6 Å². The van der Waals surface area contributed by atoms with Crippen LogP contribution in [0.5, 0.6) is 0 Å². The number of halogens is 3. The Morgan fingerprint density at radius 3 is 2.65 bits per heavy atom. The molecule has 0 atom stereocenters. The number of hydrazone groups is 1. The summed E-state index contributed by atoms with van der Waals surface area (Å²) in [5.41, 5.74) is 3.11. The third-order valence-corrected chi connectivity index (χ3v) is 5.31. The molecule has 3 aromatic rings. The summed E-state index contributed by atoms with van der Waals surface area (Å²) < 4.78 is 0.951. The number of nitrogens with zero attached hydrogens (tertiary/aromatic N) is 1. The maximum absolute atomic E-state index is 12.2. The number of amides is 1. The van der Waals surface area contributed by atoms with Gasteiger partial charge in [0, 0.05) is 20.7 Å². The first-order valence-electron chi connectivity index (χ1n) is 6.52. The van der Waals surface area contributed by atoms with Gasteiger partial charge in [-0.15, -0.1) is 11.3 Å². The zero-order valence-corrected chi connectivity index (χ0v) is 14.6. The van der Waals surface area contributed by atoms with Crippen molar-refractivity contribution in [1.29, 1.82) is 0 Å². The quantitative estimate of drug-likeness (QED) is 0.462. The molecule has 23 heavy (non-hydrogen) atoms. The van der Waals surface area contributed by atoms with Crippen LogP contribution < -0.4 is 5.43 Å². The Morgan fingerprint density at radius 2 is 1.91 bits per heavy atom. The molecule has 1 N–H and O–H groups in total. The van der Waals surface area contributed by atoms with Crippen molar-refractivity contribution in [3.8, 4) is 0 Å². The molecular weight excluding hydrogens is 375 g/mol. The largest absolute Gasteiger partial charge is 0.283 e.